The summed E-state index contributed by atoms with van der Waals surface area (Å²) in [4.78, 5) is 6.18. The maximum absolute atomic E-state index is 13.3. The summed E-state index contributed by atoms with van der Waals surface area (Å²) in [6, 6.07) is 3.87. The number of nitrogens with one attached hydrogen (secondary N) is 1. The molecule has 0 aliphatic heterocycles. The lowest BCUT2D eigenvalue weighted by molar-refractivity contribution is 0.234. The van der Waals surface area contributed by atoms with Crippen LogP contribution in [-0.2, 0) is 13.0 Å². The summed E-state index contributed by atoms with van der Waals surface area (Å²) >= 11 is 5.76. The third kappa shape index (κ3) is 4.65. The molecule has 3 aromatic rings. The molecule has 2 aromatic heterocycles. The number of tetrazole rings is 1. The number of likely N-dealkylation sites (N-methyl/N-ethyl adjacent to an activating group) is 1. The third-order valence-corrected chi connectivity index (χ3v) is 4.01. The van der Waals surface area contributed by atoms with Crippen molar-refractivity contribution in [3.8, 4) is 0 Å². The fourth-order valence-electron chi connectivity index (χ4n) is 2.30. The molecule has 0 saturated heterocycles. The Kier molecular flexibility index (Phi) is 6.23. The summed E-state index contributed by atoms with van der Waals surface area (Å²) in [5.41, 5.74) is 2.73. The summed E-state index contributed by atoms with van der Waals surface area (Å²) in [6.45, 7) is 0.917. The van der Waals surface area contributed by atoms with Gasteiger partial charge >= 0.3 is 0 Å². The highest BCUT2D eigenvalue weighted by Crippen LogP contribution is 2.22. The van der Waals surface area contributed by atoms with Crippen LogP contribution in [0.2, 0.25) is 5.02 Å². The molecule has 0 aliphatic carbocycles. The van der Waals surface area contributed by atoms with Gasteiger partial charge in [-0.15, -0.1) is 5.10 Å². The number of nitrogens with zero attached hydrogens (tertiary/aromatic N) is 8. The van der Waals surface area contributed by atoms with Crippen molar-refractivity contribution in [2.45, 2.75) is 13.0 Å². The minimum Gasteiger partial charge on any atom is -0.309 e. The summed E-state index contributed by atoms with van der Waals surface area (Å²) < 4.78 is 19.6. The van der Waals surface area contributed by atoms with Crippen molar-refractivity contribution in [3.63, 3.8) is 0 Å². The van der Waals surface area contributed by atoms with Crippen LogP contribution in [0.3, 0.4) is 0 Å². The van der Waals surface area contributed by atoms with E-state index in [-0.39, 0.29) is 23.1 Å². The third-order valence-electron chi connectivity index (χ3n) is 3.72. The molecule has 2 heterocycles. The largest absolute Gasteiger partial charge is 0.309 e. The molecule has 0 amide bonds. The lowest BCUT2D eigenvalue weighted by Gasteiger charge is -2.09. The molecule has 0 radical (unpaired) electrons. The molecule has 0 aliphatic rings. The lowest BCUT2D eigenvalue weighted by atomic mass is 10.2. The molecule has 28 heavy (non-hydrogen) atoms. The molecule has 0 bridgehead atoms. The lowest BCUT2D eigenvalue weighted by Crippen LogP contribution is -2.23. The molecule has 0 spiro atoms. The summed E-state index contributed by atoms with van der Waals surface area (Å²) in [7, 11) is 3.90. The number of hydrogen-bond donors (Lipinski definition) is 2. The normalized spacial score (nSPS) is 12.0. The van der Waals surface area contributed by atoms with Crippen LogP contribution in [-0.4, -0.2) is 67.1 Å². The maximum atomic E-state index is 13.3. The van der Waals surface area contributed by atoms with Crippen molar-refractivity contribution in [3.05, 3.63) is 46.3 Å². The van der Waals surface area contributed by atoms with Crippen LogP contribution in [0, 0.1) is 5.82 Å². The van der Waals surface area contributed by atoms with E-state index >= 15 is 0 Å². The first-order valence-corrected chi connectivity index (χ1v) is 8.51. The van der Waals surface area contributed by atoms with E-state index in [0.717, 1.165) is 12.6 Å². The van der Waals surface area contributed by atoms with Gasteiger partial charge in [0, 0.05) is 13.0 Å². The molecule has 0 saturated carbocycles. The molecule has 0 fully saturated rings. The quantitative estimate of drug-likeness (QED) is 0.334. The molecule has 148 valence electrons. The SMILES string of the molecule is CN(C)CCc1nnnn1Cc1nonc1C(=Nc1ccc(F)c(Cl)c1)NO. The number of amidine groups is 1. The molecule has 0 unspecified atom stereocenters. The van der Waals surface area contributed by atoms with Crippen LogP contribution in [0.5, 0.6) is 0 Å². The van der Waals surface area contributed by atoms with Crippen LogP contribution in [0.15, 0.2) is 27.8 Å². The van der Waals surface area contributed by atoms with E-state index in [4.69, 9.17) is 16.2 Å². The van der Waals surface area contributed by atoms with Gasteiger partial charge in [0.05, 0.1) is 17.3 Å². The standard InChI is InChI=1S/C15H17ClFN9O2/c1-25(2)6-5-13-19-23-24-26(13)8-12-14(22-28-21-12)15(20-27)18-9-3-4-11(17)10(16)7-9/h3-4,7,27H,5-6,8H2,1-2H3,(H,18,20). The highest BCUT2D eigenvalue weighted by atomic mass is 35.5. The van der Waals surface area contributed by atoms with Gasteiger partial charge in [-0.25, -0.2) is 18.7 Å². The minimum absolute atomic E-state index is 0.0539. The van der Waals surface area contributed by atoms with Crippen molar-refractivity contribution < 1.29 is 14.2 Å². The second-order valence-corrected chi connectivity index (χ2v) is 6.44. The Morgan fingerprint density at radius 3 is 2.93 bits per heavy atom. The zero-order chi connectivity index (χ0) is 20.1. The fourth-order valence-corrected chi connectivity index (χ4v) is 2.47. The number of aliphatic imine (C=N–C) groups is 1. The molecule has 2 N–H and O–H groups in total. The van der Waals surface area contributed by atoms with Crippen molar-refractivity contribution >= 4 is 23.1 Å². The zero-order valence-corrected chi connectivity index (χ0v) is 15.8. The van der Waals surface area contributed by atoms with Gasteiger partial charge in [0.25, 0.3) is 0 Å². The van der Waals surface area contributed by atoms with Crippen LogP contribution >= 0.6 is 11.6 Å². The van der Waals surface area contributed by atoms with Gasteiger partial charge in [0.2, 0.25) is 0 Å². The van der Waals surface area contributed by atoms with E-state index in [1.165, 1.54) is 12.1 Å². The van der Waals surface area contributed by atoms with E-state index in [1.807, 2.05) is 24.5 Å². The van der Waals surface area contributed by atoms with E-state index in [9.17, 15) is 9.60 Å². The Labute approximate surface area is 163 Å². The highest BCUT2D eigenvalue weighted by molar-refractivity contribution is 6.31. The first kappa shape index (κ1) is 19.8. The van der Waals surface area contributed by atoms with Crippen molar-refractivity contribution in [2.75, 3.05) is 20.6 Å². The van der Waals surface area contributed by atoms with E-state index in [0.29, 0.717) is 23.6 Å². The second kappa shape index (κ2) is 8.82. The maximum Gasteiger partial charge on any atom is 0.182 e. The first-order chi connectivity index (χ1) is 13.5. The monoisotopic (exact) mass is 409 g/mol. The molecular weight excluding hydrogens is 393 g/mol. The van der Waals surface area contributed by atoms with Crippen molar-refractivity contribution in [2.24, 2.45) is 4.99 Å². The van der Waals surface area contributed by atoms with E-state index in [1.54, 1.807) is 4.68 Å². The van der Waals surface area contributed by atoms with E-state index < -0.39 is 5.82 Å². The first-order valence-electron chi connectivity index (χ1n) is 8.13. The fraction of sp³-hybridized carbons (Fsp3) is 0.333. The minimum atomic E-state index is -0.577. The van der Waals surface area contributed by atoms with E-state index in [2.05, 4.69) is 30.8 Å². The number of halogens is 2. The van der Waals surface area contributed by atoms with Crippen molar-refractivity contribution in [1.82, 2.24) is 40.9 Å². The van der Waals surface area contributed by atoms with Gasteiger partial charge in [0.1, 0.15) is 11.5 Å². The number of rotatable bonds is 7. The highest BCUT2D eigenvalue weighted by Gasteiger charge is 2.19. The Morgan fingerprint density at radius 2 is 2.21 bits per heavy atom. The molecule has 11 nitrogen and oxygen atoms in total. The molecule has 0 atom stereocenters. The van der Waals surface area contributed by atoms with Gasteiger partial charge in [-0.3, -0.25) is 10.7 Å². The van der Waals surface area contributed by atoms with Gasteiger partial charge < -0.3 is 4.90 Å². The summed E-state index contributed by atoms with van der Waals surface area (Å²) in [5.74, 6) is 0.0251. The molecule has 1 aromatic carbocycles. The smallest absolute Gasteiger partial charge is 0.182 e. The number of hydrogen-bond acceptors (Lipinski definition) is 9. The van der Waals surface area contributed by atoms with Crippen LogP contribution in [0.25, 0.3) is 0 Å². The Morgan fingerprint density at radius 1 is 1.39 bits per heavy atom. The average molecular weight is 410 g/mol. The summed E-state index contributed by atoms with van der Waals surface area (Å²) in [5, 5.41) is 28.6. The molecule has 3 rings (SSSR count). The molecular formula is C15H17ClFN9O2. The van der Waals surface area contributed by atoms with Gasteiger partial charge in [-0.05, 0) is 47.9 Å². The average Bonchev–Trinajstić information content (AvgIpc) is 3.30. The predicted molar refractivity (Wildman–Crippen MR) is 96.0 cm³/mol. The Balaban J connectivity index is 1.85. The predicted octanol–water partition coefficient (Wildman–Crippen LogP) is 1.06. The number of aromatic nitrogens is 6. The van der Waals surface area contributed by atoms with Gasteiger partial charge in [-0.1, -0.05) is 16.8 Å². The van der Waals surface area contributed by atoms with Gasteiger partial charge in [0.15, 0.2) is 17.4 Å². The number of benzene rings is 1. The summed E-state index contributed by atoms with van der Waals surface area (Å²) in [6.07, 6.45) is 0.633. The second-order valence-electron chi connectivity index (χ2n) is 6.04. The number of hydroxylamine groups is 1. The topological polar surface area (TPSA) is 130 Å². The van der Waals surface area contributed by atoms with Gasteiger partial charge in [-0.2, -0.15) is 0 Å². The van der Waals surface area contributed by atoms with Crippen LogP contribution in [0.4, 0.5) is 10.1 Å². The van der Waals surface area contributed by atoms with Crippen LogP contribution < -0.4 is 5.48 Å². The Hall–Kier alpha value is -2.96. The van der Waals surface area contributed by atoms with Crippen LogP contribution in [0.1, 0.15) is 17.2 Å². The Bertz CT molecular complexity index is 972. The zero-order valence-electron chi connectivity index (χ0n) is 15.0. The van der Waals surface area contributed by atoms with Crippen molar-refractivity contribution in [1.29, 1.82) is 0 Å². The molecule has 13 heteroatoms.